The highest BCUT2D eigenvalue weighted by molar-refractivity contribution is 14.0. The van der Waals surface area contributed by atoms with E-state index in [2.05, 4.69) is 45.9 Å². The molecule has 0 atom stereocenters. The summed E-state index contributed by atoms with van der Waals surface area (Å²) in [7, 11) is 0. The SMILES string of the molecule is CCNC(=NCCCC(C)C)NCCCCn1ccnc1C.I. The Morgan fingerprint density at radius 2 is 2.04 bits per heavy atom. The Bertz CT molecular complexity index is 428. The molecule has 5 nitrogen and oxygen atoms in total. The number of halogens is 1. The summed E-state index contributed by atoms with van der Waals surface area (Å²) in [4.78, 5) is 8.87. The van der Waals surface area contributed by atoms with Gasteiger partial charge in [0.15, 0.2) is 5.96 Å². The summed E-state index contributed by atoms with van der Waals surface area (Å²) in [6.07, 6.45) is 8.59. The standard InChI is InChI=1S/C17H33N5.HI/c1-5-18-17(21-11-8-9-15(2)3)20-10-6-7-13-22-14-12-19-16(22)4;/h12,14-15H,5-11,13H2,1-4H3,(H2,18,20,21);1H. The number of imidazole rings is 1. The summed E-state index contributed by atoms with van der Waals surface area (Å²) in [6, 6.07) is 0. The van der Waals surface area contributed by atoms with Crippen molar-refractivity contribution in [3.8, 4) is 0 Å². The molecule has 0 aliphatic rings. The van der Waals surface area contributed by atoms with Crippen molar-refractivity contribution in [3.05, 3.63) is 18.2 Å². The summed E-state index contributed by atoms with van der Waals surface area (Å²) < 4.78 is 2.20. The van der Waals surface area contributed by atoms with Crippen LogP contribution >= 0.6 is 24.0 Å². The molecule has 0 fully saturated rings. The second-order valence-electron chi connectivity index (χ2n) is 6.10. The first-order chi connectivity index (χ1) is 10.6. The lowest BCUT2D eigenvalue weighted by molar-refractivity contribution is 0.559. The maximum atomic E-state index is 4.63. The van der Waals surface area contributed by atoms with Crippen molar-refractivity contribution in [1.29, 1.82) is 0 Å². The minimum atomic E-state index is 0. The van der Waals surface area contributed by atoms with Gasteiger partial charge in [-0.1, -0.05) is 13.8 Å². The Labute approximate surface area is 158 Å². The van der Waals surface area contributed by atoms with Crippen molar-refractivity contribution in [2.45, 2.75) is 59.9 Å². The third-order valence-corrected chi connectivity index (χ3v) is 3.60. The molecule has 0 unspecified atom stereocenters. The zero-order chi connectivity index (χ0) is 16.2. The van der Waals surface area contributed by atoms with E-state index >= 15 is 0 Å². The van der Waals surface area contributed by atoms with Crippen LogP contribution in [-0.4, -0.2) is 35.1 Å². The molecule has 0 spiro atoms. The van der Waals surface area contributed by atoms with E-state index in [1.54, 1.807) is 0 Å². The van der Waals surface area contributed by atoms with Crippen molar-refractivity contribution in [3.63, 3.8) is 0 Å². The van der Waals surface area contributed by atoms with E-state index in [4.69, 9.17) is 0 Å². The van der Waals surface area contributed by atoms with Gasteiger partial charge in [0, 0.05) is 38.6 Å². The molecule has 0 radical (unpaired) electrons. The maximum Gasteiger partial charge on any atom is 0.191 e. The first kappa shape index (κ1) is 22.2. The summed E-state index contributed by atoms with van der Waals surface area (Å²) in [6.45, 7) is 12.5. The quantitative estimate of drug-likeness (QED) is 0.256. The van der Waals surface area contributed by atoms with E-state index in [0.29, 0.717) is 0 Å². The Morgan fingerprint density at radius 1 is 1.26 bits per heavy atom. The van der Waals surface area contributed by atoms with Crippen LogP contribution in [0.4, 0.5) is 0 Å². The minimum Gasteiger partial charge on any atom is -0.357 e. The van der Waals surface area contributed by atoms with Gasteiger partial charge in [-0.25, -0.2) is 4.98 Å². The van der Waals surface area contributed by atoms with Gasteiger partial charge in [0.2, 0.25) is 0 Å². The van der Waals surface area contributed by atoms with Crippen LogP contribution in [0.1, 0.15) is 52.3 Å². The molecule has 0 aliphatic heterocycles. The summed E-state index contributed by atoms with van der Waals surface area (Å²) in [5.74, 6) is 2.80. The van der Waals surface area contributed by atoms with Crippen LogP contribution in [0.5, 0.6) is 0 Å². The Morgan fingerprint density at radius 3 is 2.65 bits per heavy atom. The number of hydrogen-bond acceptors (Lipinski definition) is 2. The number of nitrogens with one attached hydrogen (secondary N) is 2. The fraction of sp³-hybridized carbons (Fsp3) is 0.765. The van der Waals surface area contributed by atoms with Crippen LogP contribution in [0.3, 0.4) is 0 Å². The monoisotopic (exact) mass is 435 g/mol. The minimum absolute atomic E-state index is 0. The first-order valence-corrected chi connectivity index (χ1v) is 8.63. The fourth-order valence-corrected chi connectivity index (χ4v) is 2.29. The number of aromatic nitrogens is 2. The smallest absolute Gasteiger partial charge is 0.191 e. The average Bonchev–Trinajstić information content (AvgIpc) is 2.88. The van der Waals surface area contributed by atoms with Crippen LogP contribution in [0, 0.1) is 12.8 Å². The molecule has 0 aromatic carbocycles. The van der Waals surface area contributed by atoms with Crippen LogP contribution in [0.15, 0.2) is 17.4 Å². The normalized spacial score (nSPS) is 11.4. The largest absolute Gasteiger partial charge is 0.357 e. The van der Waals surface area contributed by atoms with E-state index in [0.717, 1.165) is 63.1 Å². The van der Waals surface area contributed by atoms with Gasteiger partial charge in [-0.15, -0.1) is 24.0 Å². The van der Waals surface area contributed by atoms with Crippen molar-refractivity contribution >= 4 is 29.9 Å². The van der Waals surface area contributed by atoms with E-state index < -0.39 is 0 Å². The Balaban J connectivity index is 0.00000484. The van der Waals surface area contributed by atoms with Crippen LogP contribution < -0.4 is 10.6 Å². The molecule has 0 amide bonds. The van der Waals surface area contributed by atoms with Gasteiger partial charge >= 0.3 is 0 Å². The third kappa shape index (κ3) is 10.6. The lowest BCUT2D eigenvalue weighted by Crippen LogP contribution is -2.37. The highest BCUT2D eigenvalue weighted by atomic mass is 127. The molecule has 23 heavy (non-hydrogen) atoms. The molecule has 0 aliphatic carbocycles. The number of unbranched alkanes of at least 4 members (excludes halogenated alkanes) is 1. The zero-order valence-electron chi connectivity index (χ0n) is 15.1. The number of guanidine groups is 1. The predicted molar refractivity (Wildman–Crippen MR) is 110 cm³/mol. The second-order valence-corrected chi connectivity index (χ2v) is 6.10. The summed E-state index contributed by atoms with van der Waals surface area (Å²) >= 11 is 0. The molecule has 0 bridgehead atoms. The van der Waals surface area contributed by atoms with Gasteiger partial charge in [-0.3, -0.25) is 4.99 Å². The molecule has 1 heterocycles. The molecular weight excluding hydrogens is 401 g/mol. The van der Waals surface area contributed by atoms with Gasteiger partial charge in [0.1, 0.15) is 5.82 Å². The number of nitrogens with zero attached hydrogens (tertiary/aromatic N) is 3. The Kier molecular flexibility index (Phi) is 13.2. The molecule has 1 aromatic heterocycles. The molecule has 134 valence electrons. The molecule has 1 rings (SSSR count). The van der Waals surface area contributed by atoms with Crippen LogP contribution in [-0.2, 0) is 6.54 Å². The van der Waals surface area contributed by atoms with Gasteiger partial charge in [-0.2, -0.15) is 0 Å². The van der Waals surface area contributed by atoms with Gasteiger partial charge < -0.3 is 15.2 Å². The number of hydrogen-bond donors (Lipinski definition) is 2. The lowest BCUT2D eigenvalue weighted by Gasteiger charge is -2.12. The second kappa shape index (κ2) is 13.6. The predicted octanol–water partition coefficient (Wildman–Crippen LogP) is 3.58. The molecule has 0 saturated carbocycles. The number of rotatable bonds is 10. The molecule has 0 saturated heterocycles. The molecular formula is C17H34IN5. The average molecular weight is 435 g/mol. The van der Waals surface area contributed by atoms with Crippen molar-refractivity contribution in [1.82, 2.24) is 20.2 Å². The summed E-state index contributed by atoms with van der Waals surface area (Å²) in [5.41, 5.74) is 0. The topological polar surface area (TPSA) is 54.2 Å². The Hall–Kier alpha value is -0.790. The van der Waals surface area contributed by atoms with Crippen molar-refractivity contribution in [2.24, 2.45) is 10.9 Å². The summed E-state index contributed by atoms with van der Waals surface area (Å²) in [5, 5.41) is 6.73. The van der Waals surface area contributed by atoms with E-state index in [1.807, 2.05) is 19.3 Å². The van der Waals surface area contributed by atoms with Gasteiger partial charge in [0.25, 0.3) is 0 Å². The van der Waals surface area contributed by atoms with Crippen molar-refractivity contribution < 1.29 is 0 Å². The molecule has 2 N–H and O–H groups in total. The highest BCUT2D eigenvalue weighted by Gasteiger charge is 1.99. The van der Waals surface area contributed by atoms with Gasteiger partial charge in [-0.05, 0) is 45.4 Å². The number of aliphatic imine (C=N–C) groups is 1. The van der Waals surface area contributed by atoms with Crippen LogP contribution in [0.25, 0.3) is 0 Å². The lowest BCUT2D eigenvalue weighted by atomic mass is 10.1. The molecule has 6 heteroatoms. The highest BCUT2D eigenvalue weighted by Crippen LogP contribution is 2.03. The fourth-order valence-electron chi connectivity index (χ4n) is 2.29. The number of aryl methyl sites for hydroxylation is 2. The van der Waals surface area contributed by atoms with Crippen molar-refractivity contribution in [2.75, 3.05) is 19.6 Å². The van der Waals surface area contributed by atoms with E-state index in [-0.39, 0.29) is 24.0 Å². The van der Waals surface area contributed by atoms with E-state index in [1.165, 1.54) is 6.42 Å². The van der Waals surface area contributed by atoms with Crippen LogP contribution in [0.2, 0.25) is 0 Å². The van der Waals surface area contributed by atoms with Gasteiger partial charge in [0.05, 0.1) is 0 Å². The third-order valence-electron chi connectivity index (χ3n) is 3.60. The molecule has 1 aromatic rings. The maximum absolute atomic E-state index is 4.63. The zero-order valence-corrected chi connectivity index (χ0v) is 17.5. The van der Waals surface area contributed by atoms with E-state index in [9.17, 15) is 0 Å². The first-order valence-electron chi connectivity index (χ1n) is 8.63.